The molecule has 3 rings (SSSR count). The maximum atomic E-state index is 6.24. The van der Waals surface area contributed by atoms with Gasteiger partial charge in [-0.25, -0.2) is 19.6 Å². The number of methoxy groups -OCH3 is 1. The first kappa shape index (κ1) is 16.3. The van der Waals surface area contributed by atoms with E-state index in [0.717, 1.165) is 10.7 Å². The smallest absolute Gasteiger partial charge is 0.181 e. The molecular formula is C15H19N7OS. The Bertz CT molecular complexity index is 802. The summed E-state index contributed by atoms with van der Waals surface area (Å²) in [5, 5.41) is 7.14. The lowest BCUT2D eigenvalue weighted by atomic mass is 10.3. The SMILES string of the molecule is CO[C@@H](C)c1nc(CN(C)c2ncnc(-n3cccn3)c2N)cs1. The molecule has 1 atom stereocenters. The highest BCUT2D eigenvalue weighted by molar-refractivity contribution is 7.09. The summed E-state index contributed by atoms with van der Waals surface area (Å²) in [5.74, 6) is 1.20. The predicted molar refractivity (Wildman–Crippen MR) is 93.2 cm³/mol. The Kier molecular flexibility index (Phi) is 4.72. The highest BCUT2D eigenvalue weighted by atomic mass is 32.1. The van der Waals surface area contributed by atoms with E-state index < -0.39 is 0 Å². The molecule has 0 unspecified atom stereocenters. The Morgan fingerprint density at radius 3 is 2.96 bits per heavy atom. The van der Waals surface area contributed by atoms with Crippen LogP contribution in [0.25, 0.3) is 5.82 Å². The maximum absolute atomic E-state index is 6.24. The van der Waals surface area contributed by atoms with E-state index in [1.165, 1.54) is 6.33 Å². The van der Waals surface area contributed by atoms with E-state index in [1.807, 2.05) is 30.3 Å². The fourth-order valence-electron chi connectivity index (χ4n) is 2.26. The minimum atomic E-state index is -0.00964. The third-order valence-electron chi connectivity index (χ3n) is 3.59. The van der Waals surface area contributed by atoms with Crippen LogP contribution >= 0.6 is 11.3 Å². The number of hydrogen-bond donors (Lipinski definition) is 1. The molecular weight excluding hydrogens is 326 g/mol. The number of aromatic nitrogens is 5. The van der Waals surface area contributed by atoms with Crippen molar-refractivity contribution in [3.63, 3.8) is 0 Å². The largest absolute Gasteiger partial charge is 0.393 e. The van der Waals surface area contributed by atoms with E-state index in [2.05, 4.69) is 20.1 Å². The molecule has 3 heterocycles. The molecule has 0 radical (unpaired) electrons. The zero-order valence-corrected chi connectivity index (χ0v) is 14.6. The molecule has 0 aliphatic carbocycles. The Morgan fingerprint density at radius 1 is 1.42 bits per heavy atom. The number of anilines is 2. The van der Waals surface area contributed by atoms with E-state index in [-0.39, 0.29) is 6.10 Å². The summed E-state index contributed by atoms with van der Waals surface area (Å²) >= 11 is 1.58. The second-order valence-corrected chi connectivity index (χ2v) is 6.19. The van der Waals surface area contributed by atoms with E-state index in [9.17, 15) is 0 Å². The number of nitrogens with zero attached hydrogens (tertiary/aromatic N) is 6. The van der Waals surface area contributed by atoms with Crippen LogP contribution in [-0.2, 0) is 11.3 Å². The normalized spacial score (nSPS) is 12.3. The Morgan fingerprint density at radius 2 is 2.25 bits per heavy atom. The van der Waals surface area contributed by atoms with Crippen LogP contribution in [0.4, 0.5) is 11.5 Å². The Balaban J connectivity index is 1.81. The maximum Gasteiger partial charge on any atom is 0.181 e. The molecule has 3 aromatic rings. The van der Waals surface area contributed by atoms with Gasteiger partial charge in [-0.2, -0.15) is 5.10 Å². The first-order valence-electron chi connectivity index (χ1n) is 7.39. The molecule has 0 aromatic carbocycles. The fraction of sp³-hybridized carbons (Fsp3) is 0.333. The van der Waals surface area contributed by atoms with Gasteiger partial charge in [0, 0.05) is 31.9 Å². The van der Waals surface area contributed by atoms with Crippen molar-refractivity contribution in [3.8, 4) is 5.82 Å². The second kappa shape index (κ2) is 6.93. The van der Waals surface area contributed by atoms with Crippen molar-refractivity contribution >= 4 is 22.8 Å². The number of hydrogen-bond acceptors (Lipinski definition) is 8. The third kappa shape index (κ3) is 3.22. The molecule has 0 amide bonds. The van der Waals surface area contributed by atoms with E-state index >= 15 is 0 Å². The molecule has 0 saturated carbocycles. The lowest BCUT2D eigenvalue weighted by Crippen LogP contribution is -2.21. The Hall–Kier alpha value is -2.52. The summed E-state index contributed by atoms with van der Waals surface area (Å²) in [6.07, 6.45) is 4.95. The number of thiazole rings is 1. The zero-order chi connectivity index (χ0) is 17.1. The van der Waals surface area contributed by atoms with Gasteiger partial charge in [-0.1, -0.05) is 0 Å². The molecule has 3 aromatic heterocycles. The highest BCUT2D eigenvalue weighted by Crippen LogP contribution is 2.26. The molecule has 2 N–H and O–H groups in total. The molecule has 8 nitrogen and oxygen atoms in total. The topological polar surface area (TPSA) is 95.0 Å². The second-order valence-electron chi connectivity index (χ2n) is 5.30. The van der Waals surface area contributed by atoms with Crippen molar-refractivity contribution in [2.75, 3.05) is 24.8 Å². The number of nitrogens with two attached hydrogens (primary N) is 1. The standard InChI is InChI=1S/C15H19N7OS/c1-10(23-3)15-20-11(8-24-15)7-21(2)13-12(16)14(18-9-17-13)22-6-4-5-19-22/h4-6,8-10H,7,16H2,1-3H3/t10-/m0/s1. The van der Waals surface area contributed by atoms with Crippen LogP contribution in [0.3, 0.4) is 0 Å². The molecule has 0 bridgehead atoms. The summed E-state index contributed by atoms with van der Waals surface area (Å²) in [6.45, 7) is 2.57. The number of rotatable bonds is 6. The van der Waals surface area contributed by atoms with Crippen molar-refractivity contribution in [3.05, 3.63) is 40.9 Å². The van der Waals surface area contributed by atoms with Crippen LogP contribution in [-0.4, -0.2) is 38.9 Å². The predicted octanol–water partition coefficient (Wildman–Crippen LogP) is 2.04. The third-order valence-corrected chi connectivity index (χ3v) is 4.65. The molecule has 0 aliphatic heterocycles. The van der Waals surface area contributed by atoms with Gasteiger partial charge >= 0.3 is 0 Å². The van der Waals surface area contributed by atoms with Gasteiger partial charge in [-0.3, -0.25) is 0 Å². The first-order valence-corrected chi connectivity index (χ1v) is 8.26. The average Bonchev–Trinajstić information content (AvgIpc) is 3.26. The minimum Gasteiger partial charge on any atom is -0.393 e. The highest BCUT2D eigenvalue weighted by Gasteiger charge is 2.16. The van der Waals surface area contributed by atoms with Gasteiger partial charge < -0.3 is 15.4 Å². The molecule has 126 valence electrons. The molecule has 0 aliphatic rings. The van der Waals surface area contributed by atoms with Crippen LogP contribution in [0.1, 0.15) is 23.7 Å². The summed E-state index contributed by atoms with van der Waals surface area (Å²) < 4.78 is 6.92. The van der Waals surface area contributed by atoms with Crippen molar-refractivity contribution in [1.29, 1.82) is 0 Å². The average molecular weight is 345 g/mol. The number of nitrogen functional groups attached to an aromatic ring is 1. The van der Waals surface area contributed by atoms with Gasteiger partial charge in [0.1, 0.15) is 23.1 Å². The van der Waals surface area contributed by atoms with Crippen molar-refractivity contribution in [1.82, 2.24) is 24.7 Å². The summed E-state index contributed by atoms with van der Waals surface area (Å²) in [6, 6.07) is 1.82. The van der Waals surface area contributed by atoms with Crippen LogP contribution in [0.5, 0.6) is 0 Å². The fourth-order valence-corrected chi connectivity index (χ4v) is 3.10. The van der Waals surface area contributed by atoms with E-state index in [4.69, 9.17) is 10.5 Å². The van der Waals surface area contributed by atoms with Gasteiger partial charge in [0.05, 0.1) is 12.2 Å². The first-order chi connectivity index (χ1) is 11.6. The summed E-state index contributed by atoms with van der Waals surface area (Å²) in [4.78, 5) is 15.1. The quantitative estimate of drug-likeness (QED) is 0.730. The van der Waals surface area contributed by atoms with Gasteiger partial charge in [0.15, 0.2) is 11.6 Å². The van der Waals surface area contributed by atoms with Crippen molar-refractivity contribution in [2.45, 2.75) is 19.6 Å². The molecule has 0 spiro atoms. The molecule has 24 heavy (non-hydrogen) atoms. The van der Waals surface area contributed by atoms with Crippen molar-refractivity contribution in [2.24, 2.45) is 0 Å². The van der Waals surface area contributed by atoms with Gasteiger partial charge in [-0.15, -0.1) is 11.3 Å². The molecule has 9 heteroatoms. The van der Waals surface area contributed by atoms with Crippen LogP contribution < -0.4 is 10.6 Å². The molecule has 0 saturated heterocycles. The van der Waals surface area contributed by atoms with Gasteiger partial charge in [-0.05, 0) is 13.0 Å². The summed E-state index contributed by atoms with van der Waals surface area (Å²) in [7, 11) is 3.60. The van der Waals surface area contributed by atoms with Crippen molar-refractivity contribution < 1.29 is 4.74 Å². The summed E-state index contributed by atoms with van der Waals surface area (Å²) in [5.41, 5.74) is 7.66. The Labute approximate surface area is 143 Å². The van der Waals surface area contributed by atoms with Gasteiger partial charge in [0.2, 0.25) is 0 Å². The van der Waals surface area contributed by atoms with Crippen LogP contribution in [0.15, 0.2) is 30.2 Å². The lowest BCUT2D eigenvalue weighted by molar-refractivity contribution is 0.119. The minimum absolute atomic E-state index is 0.00964. The molecule has 0 fully saturated rings. The lowest BCUT2D eigenvalue weighted by Gasteiger charge is -2.19. The van der Waals surface area contributed by atoms with Crippen LogP contribution in [0.2, 0.25) is 0 Å². The monoisotopic (exact) mass is 345 g/mol. The van der Waals surface area contributed by atoms with E-state index in [1.54, 1.807) is 35.5 Å². The van der Waals surface area contributed by atoms with Crippen LogP contribution in [0, 0.1) is 0 Å². The van der Waals surface area contributed by atoms with Gasteiger partial charge in [0.25, 0.3) is 0 Å². The van der Waals surface area contributed by atoms with E-state index in [0.29, 0.717) is 23.9 Å². The zero-order valence-electron chi connectivity index (χ0n) is 13.7. The number of ether oxygens (including phenoxy) is 1.